The molecule has 0 aromatic heterocycles. The van der Waals surface area contributed by atoms with Crippen molar-refractivity contribution in [3.05, 3.63) is 89.7 Å². The lowest BCUT2D eigenvalue weighted by Gasteiger charge is -2.26. The van der Waals surface area contributed by atoms with E-state index in [1.165, 1.54) is 6.07 Å². The van der Waals surface area contributed by atoms with Crippen LogP contribution in [-0.4, -0.2) is 18.8 Å². The number of hydrogen-bond donors (Lipinski definition) is 1. The molecule has 0 aliphatic carbocycles. The average molecular weight is 345 g/mol. The molecule has 0 bridgehead atoms. The zero-order chi connectivity index (χ0) is 17.9. The molecule has 0 amide bonds. The van der Waals surface area contributed by atoms with Crippen LogP contribution in [0.2, 0.25) is 0 Å². The van der Waals surface area contributed by atoms with Crippen LogP contribution in [0.4, 0.5) is 21.5 Å². The third-order valence-corrected chi connectivity index (χ3v) is 4.57. The lowest BCUT2D eigenvalue weighted by atomic mass is 9.99. The van der Waals surface area contributed by atoms with Gasteiger partial charge in [0.25, 0.3) is 0 Å². The van der Waals surface area contributed by atoms with Crippen LogP contribution < -0.4 is 10.6 Å². The summed E-state index contributed by atoms with van der Waals surface area (Å²) < 4.78 is 14.6. The van der Waals surface area contributed by atoms with E-state index in [1.807, 2.05) is 42.5 Å². The molecule has 0 radical (unpaired) electrons. The van der Waals surface area contributed by atoms with E-state index in [0.29, 0.717) is 17.8 Å². The summed E-state index contributed by atoms with van der Waals surface area (Å²) in [4.78, 5) is 7.10. The molecule has 0 fully saturated rings. The molecule has 0 unspecified atom stereocenters. The summed E-state index contributed by atoms with van der Waals surface area (Å²) in [5.74, 6) is -0.269. The minimum atomic E-state index is -0.269. The number of aliphatic imine (C=N–C) groups is 1. The minimum Gasteiger partial charge on any atom is -0.339 e. The second-order valence-corrected chi connectivity index (χ2v) is 6.24. The van der Waals surface area contributed by atoms with Gasteiger partial charge in [-0.2, -0.15) is 0 Å². The fourth-order valence-corrected chi connectivity index (χ4v) is 3.36. The summed E-state index contributed by atoms with van der Waals surface area (Å²) in [5, 5.41) is 0. The summed E-state index contributed by atoms with van der Waals surface area (Å²) in [7, 11) is 0. The van der Waals surface area contributed by atoms with Crippen molar-refractivity contribution < 1.29 is 4.39 Å². The highest BCUT2D eigenvalue weighted by atomic mass is 19.1. The molecule has 0 saturated heterocycles. The Labute approximate surface area is 152 Å². The molecule has 3 aromatic rings. The lowest BCUT2D eigenvalue weighted by Crippen LogP contribution is -2.22. The maximum atomic E-state index is 14.6. The lowest BCUT2D eigenvalue weighted by molar-refractivity contribution is 0.625. The summed E-state index contributed by atoms with van der Waals surface area (Å²) in [5.41, 5.74) is 10.7. The molecule has 130 valence electrons. The van der Waals surface area contributed by atoms with Gasteiger partial charge in [0.15, 0.2) is 0 Å². The highest BCUT2D eigenvalue weighted by molar-refractivity contribution is 6.18. The van der Waals surface area contributed by atoms with E-state index in [0.717, 1.165) is 35.6 Å². The molecule has 26 heavy (non-hydrogen) atoms. The van der Waals surface area contributed by atoms with Crippen LogP contribution in [-0.2, 0) is 0 Å². The number of anilines is 2. The quantitative estimate of drug-likeness (QED) is 0.738. The van der Waals surface area contributed by atoms with Crippen LogP contribution in [0.25, 0.3) is 0 Å². The van der Waals surface area contributed by atoms with Crippen LogP contribution in [0, 0.1) is 5.82 Å². The van der Waals surface area contributed by atoms with Crippen LogP contribution in [0.1, 0.15) is 17.5 Å². The van der Waals surface area contributed by atoms with Gasteiger partial charge in [-0.05, 0) is 43.3 Å². The van der Waals surface area contributed by atoms with Crippen molar-refractivity contribution in [2.45, 2.75) is 6.42 Å². The normalized spacial score (nSPS) is 12.8. The molecule has 4 rings (SSSR count). The van der Waals surface area contributed by atoms with Gasteiger partial charge < -0.3 is 10.6 Å². The maximum Gasteiger partial charge on any atom is 0.132 e. The zero-order valence-corrected chi connectivity index (χ0v) is 14.4. The average Bonchev–Trinajstić information content (AvgIpc) is 2.81. The van der Waals surface area contributed by atoms with Crippen molar-refractivity contribution in [2.24, 2.45) is 10.7 Å². The van der Waals surface area contributed by atoms with Crippen molar-refractivity contribution in [3.8, 4) is 0 Å². The molecular formula is C22H20FN3. The summed E-state index contributed by atoms with van der Waals surface area (Å²) in [6.45, 7) is 1.40. The van der Waals surface area contributed by atoms with E-state index in [4.69, 9.17) is 10.7 Å². The van der Waals surface area contributed by atoms with Crippen LogP contribution in [0.3, 0.4) is 0 Å². The Balaban J connectivity index is 1.98. The number of benzene rings is 3. The van der Waals surface area contributed by atoms with E-state index in [9.17, 15) is 4.39 Å². The van der Waals surface area contributed by atoms with Crippen molar-refractivity contribution in [1.29, 1.82) is 0 Å². The zero-order valence-electron chi connectivity index (χ0n) is 14.4. The number of nitrogens with zero attached hydrogens (tertiary/aromatic N) is 2. The molecular weight excluding hydrogens is 325 g/mol. The number of fused-ring (bicyclic) bond motifs is 2. The van der Waals surface area contributed by atoms with Crippen LogP contribution >= 0.6 is 0 Å². The topological polar surface area (TPSA) is 41.6 Å². The van der Waals surface area contributed by atoms with Crippen molar-refractivity contribution in [2.75, 3.05) is 18.0 Å². The van der Waals surface area contributed by atoms with Gasteiger partial charge >= 0.3 is 0 Å². The molecule has 3 nitrogen and oxygen atoms in total. The van der Waals surface area contributed by atoms with Crippen molar-refractivity contribution >= 4 is 22.8 Å². The highest BCUT2D eigenvalue weighted by Crippen LogP contribution is 2.40. The fourth-order valence-electron chi connectivity index (χ4n) is 3.36. The number of hydrogen-bond acceptors (Lipinski definition) is 3. The molecule has 0 spiro atoms. The third-order valence-electron chi connectivity index (χ3n) is 4.57. The predicted molar refractivity (Wildman–Crippen MR) is 105 cm³/mol. The monoisotopic (exact) mass is 345 g/mol. The number of nitrogens with two attached hydrogens (primary N) is 1. The van der Waals surface area contributed by atoms with Gasteiger partial charge in [0.05, 0.1) is 22.8 Å². The predicted octanol–water partition coefficient (Wildman–Crippen LogP) is 4.80. The van der Waals surface area contributed by atoms with E-state index < -0.39 is 0 Å². The number of halogens is 1. The van der Waals surface area contributed by atoms with Crippen molar-refractivity contribution in [1.82, 2.24) is 0 Å². The van der Waals surface area contributed by atoms with Gasteiger partial charge in [-0.3, -0.25) is 0 Å². The fraction of sp³-hybridized carbons (Fsp3) is 0.136. The van der Waals surface area contributed by atoms with E-state index in [-0.39, 0.29) is 5.82 Å². The molecule has 0 saturated carbocycles. The summed E-state index contributed by atoms with van der Waals surface area (Å²) >= 11 is 0. The Bertz CT molecular complexity index is 965. The second kappa shape index (κ2) is 7.10. The molecule has 3 aromatic carbocycles. The molecule has 4 heteroatoms. The Hall–Kier alpha value is -2.98. The van der Waals surface area contributed by atoms with Crippen LogP contribution in [0.15, 0.2) is 77.8 Å². The van der Waals surface area contributed by atoms with E-state index in [1.54, 1.807) is 12.1 Å². The highest BCUT2D eigenvalue weighted by Gasteiger charge is 2.24. The summed E-state index contributed by atoms with van der Waals surface area (Å²) in [6, 6.07) is 22.8. The number of rotatable bonds is 4. The Morgan fingerprint density at radius 1 is 0.808 bits per heavy atom. The molecule has 2 N–H and O–H groups in total. The standard InChI is InChI=1S/C22H20FN3/c23-18-10-3-1-8-16(18)22-17-9-2-5-12-20(17)26(15-7-14-24)21-13-6-4-11-19(21)25-22/h1-6,8-13H,7,14-15,24H2. The molecule has 1 heterocycles. The van der Waals surface area contributed by atoms with E-state index >= 15 is 0 Å². The van der Waals surface area contributed by atoms with Gasteiger partial charge in [-0.15, -0.1) is 0 Å². The minimum absolute atomic E-state index is 0.269. The van der Waals surface area contributed by atoms with Gasteiger partial charge in [0.2, 0.25) is 0 Å². The van der Waals surface area contributed by atoms with E-state index in [2.05, 4.69) is 17.0 Å². The SMILES string of the molecule is NCCCN1c2ccccc2N=C(c2ccccc2F)c2ccccc21. The first kappa shape index (κ1) is 16.5. The van der Waals surface area contributed by atoms with Gasteiger partial charge in [-0.1, -0.05) is 42.5 Å². The first-order chi connectivity index (χ1) is 12.8. The molecule has 1 aliphatic heterocycles. The Kier molecular flexibility index (Phi) is 4.50. The third kappa shape index (κ3) is 2.89. The Morgan fingerprint density at radius 2 is 1.46 bits per heavy atom. The first-order valence-electron chi connectivity index (χ1n) is 8.79. The summed E-state index contributed by atoms with van der Waals surface area (Å²) in [6.07, 6.45) is 0.859. The largest absolute Gasteiger partial charge is 0.339 e. The maximum absolute atomic E-state index is 14.6. The van der Waals surface area contributed by atoms with Gasteiger partial charge in [0.1, 0.15) is 5.82 Å². The smallest absolute Gasteiger partial charge is 0.132 e. The van der Waals surface area contributed by atoms with Gasteiger partial charge in [-0.25, -0.2) is 9.38 Å². The number of para-hydroxylation sites is 3. The first-order valence-corrected chi connectivity index (χ1v) is 8.79. The van der Waals surface area contributed by atoms with Crippen molar-refractivity contribution in [3.63, 3.8) is 0 Å². The molecule has 1 aliphatic rings. The second-order valence-electron chi connectivity index (χ2n) is 6.24. The molecule has 0 atom stereocenters. The van der Waals surface area contributed by atoms with Crippen LogP contribution in [0.5, 0.6) is 0 Å². The Morgan fingerprint density at radius 3 is 2.23 bits per heavy atom. The van der Waals surface area contributed by atoms with Gasteiger partial charge in [0, 0.05) is 17.7 Å².